The van der Waals surface area contributed by atoms with E-state index in [9.17, 15) is 9.59 Å². The third-order valence-corrected chi connectivity index (χ3v) is 3.76. The van der Waals surface area contributed by atoms with Crippen molar-refractivity contribution >= 4 is 27.8 Å². The van der Waals surface area contributed by atoms with Gasteiger partial charge >= 0.3 is 5.97 Å². The van der Waals surface area contributed by atoms with Gasteiger partial charge in [0.25, 0.3) is 5.91 Å². The molecule has 0 atom stereocenters. The number of carboxylic acids is 1. The van der Waals surface area contributed by atoms with Crippen LogP contribution in [0.3, 0.4) is 0 Å². The Morgan fingerprint density at radius 3 is 2.50 bits per heavy atom. The molecule has 110 valence electrons. The lowest BCUT2D eigenvalue weighted by atomic mass is 10.1. The van der Waals surface area contributed by atoms with Crippen LogP contribution in [0, 0.1) is 0 Å². The second-order valence-electron chi connectivity index (χ2n) is 6.14. The maximum atomic E-state index is 12.7. The molecule has 1 heterocycles. The molecule has 0 aliphatic heterocycles. The normalized spacial score (nSPS) is 15.2. The number of hydrogen-bond acceptors (Lipinski definition) is 2. The smallest absolute Gasteiger partial charge is 0.323 e. The summed E-state index contributed by atoms with van der Waals surface area (Å²) in [6, 6.07) is 2.13. The summed E-state index contributed by atoms with van der Waals surface area (Å²) in [5.74, 6) is -1.24. The number of aliphatic carboxylic acids is 1. The summed E-state index contributed by atoms with van der Waals surface area (Å²) in [5.41, 5.74) is 0.0104. The van der Waals surface area contributed by atoms with Gasteiger partial charge in [0, 0.05) is 22.3 Å². The van der Waals surface area contributed by atoms with Crippen molar-refractivity contribution < 1.29 is 14.7 Å². The molecule has 0 saturated heterocycles. The van der Waals surface area contributed by atoms with Crippen LogP contribution in [0.1, 0.15) is 50.1 Å². The van der Waals surface area contributed by atoms with Crippen LogP contribution in [0.5, 0.6) is 0 Å². The topological polar surface area (TPSA) is 62.5 Å². The summed E-state index contributed by atoms with van der Waals surface area (Å²) < 4.78 is 2.80. The predicted molar refractivity (Wildman–Crippen MR) is 78.8 cm³/mol. The molecule has 1 saturated carbocycles. The number of carboxylic acid groups (broad SMARTS) is 1. The van der Waals surface area contributed by atoms with E-state index in [0.717, 1.165) is 17.3 Å². The fraction of sp³-hybridized carbons (Fsp3) is 0.571. The zero-order chi connectivity index (χ0) is 15.1. The predicted octanol–water partition coefficient (Wildman–Crippen LogP) is 2.91. The van der Waals surface area contributed by atoms with E-state index in [1.165, 1.54) is 4.90 Å². The first kappa shape index (κ1) is 15.1. The van der Waals surface area contributed by atoms with Crippen molar-refractivity contribution in [1.82, 2.24) is 9.47 Å². The third kappa shape index (κ3) is 3.23. The largest absolute Gasteiger partial charge is 0.480 e. The van der Waals surface area contributed by atoms with E-state index in [-0.39, 0.29) is 12.5 Å². The minimum atomic E-state index is -1.00. The van der Waals surface area contributed by atoms with Crippen LogP contribution in [0.2, 0.25) is 0 Å². The van der Waals surface area contributed by atoms with Gasteiger partial charge in [-0.05, 0) is 55.6 Å². The Morgan fingerprint density at radius 2 is 2.05 bits per heavy atom. The van der Waals surface area contributed by atoms with Gasteiger partial charge in [0.2, 0.25) is 0 Å². The van der Waals surface area contributed by atoms with Crippen LogP contribution >= 0.6 is 15.9 Å². The molecule has 1 aromatic rings. The summed E-state index contributed by atoms with van der Waals surface area (Å²) in [7, 11) is 0. The molecule has 20 heavy (non-hydrogen) atoms. The average molecular weight is 343 g/mol. The van der Waals surface area contributed by atoms with Gasteiger partial charge < -0.3 is 14.6 Å². The second-order valence-corrected chi connectivity index (χ2v) is 7.05. The molecule has 0 unspecified atom stereocenters. The first-order chi connectivity index (χ1) is 9.20. The van der Waals surface area contributed by atoms with Crippen LogP contribution in [-0.2, 0) is 4.79 Å². The van der Waals surface area contributed by atoms with Crippen molar-refractivity contribution in [2.75, 3.05) is 6.54 Å². The summed E-state index contributed by atoms with van der Waals surface area (Å²) in [6.07, 6.45) is 4.03. The zero-order valence-electron chi connectivity index (χ0n) is 11.9. The van der Waals surface area contributed by atoms with Crippen molar-refractivity contribution in [1.29, 1.82) is 0 Å². The third-order valence-electron chi connectivity index (χ3n) is 3.32. The SMILES string of the molecule is CC(C)(C)N(CC(=O)O)C(=O)c1cc(Br)cn1C1CC1. The quantitative estimate of drug-likeness (QED) is 0.914. The number of carbonyl (C=O) groups is 2. The van der Waals surface area contributed by atoms with Crippen LogP contribution in [0.4, 0.5) is 0 Å². The van der Waals surface area contributed by atoms with Crippen LogP contribution in [0.15, 0.2) is 16.7 Å². The van der Waals surface area contributed by atoms with E-state index in [1.54, 1.807) is 6.07 Å². The highest BCUT2D eigenvalue weighted by atomic mass is 79.9. The van der Waals surface area contributed by atoms with Crippen molar-refractivity contribution in [3.05, 3.63) is 22.4 Å². The Balaban J connectivity index is 2.34. The number of halogens is 1. The molecule has 0 bridgehead atoms. The highest BCUT2D eigenvalue weighted by Gasteiger charge is 2.34. The summed E-state index contributed by atoms with van der Waals surface area (Å²) in [6.45, 7) is 5.23. The maximum Gasteiger partial charge on any atom is 0.323 e. The minimum Gasteiger partial charge on any atom is -0.480 e. The number of rotatable bonds is 4. The molecule has 0 radical (unpaired) electrons. The molecule has 1 N–H and O–H groups in total. The molecule has 0 spiro atoms. The van der Waals surface area contributed by atoms with Gasteiger partial charge in [-0.25, -0.2) is 0 Å². The summed E-state index contributed by atoms with van der Waals surface area (Å²) in [5, 5.41) is 9.03. The van der Waals surface area contributed by atoms with Gasteiger partial charge in [-0.15, -0.1) is 0 Å². The Kier molecular flexibility index (Phi) is 3.95. The standard InChI is InChI=1S/C14H19BrN2O3/c1-14(2,3)17(8-12(18)19)13(20)11-6-9(15)7-16(11)10-4-5-10/h6-7,10H,4-5,8H2,1-3H3,(H,18,19). The number of nitrogens with zero attached hydrogens (tertiary/aromatic N) is 2. The molecule has 0 aromatic carbocycles. The van der Waals surface area contributed by atoms with E-state index < -0.39 is 11.5 Å². The van der Waals surface area contributed by atoms with Gasteiger partial charge in [0.05, 0.1) is 0 Å². The lowest BCUT2D eigenvalue weighted by Crippen LogP contribution is -2.48. The monoisotopic (exact) mass is 342 g/mol. The maximum absolute atomic E-state index is 12.7. The molecule has 6 heteroatoms. The van der Waals surface area contributed by atoms with E-state index in [4.69, 9.17) is 5.11 Å². The number of hydrogen-bond donors (Lipinski definition) is 1. The van der Waals surface area contributed by atoms with Crippen molar-refractivity contribution in [3.8, 4) is 0 Å². The zero-order valence-corrected chi connectivity index (χ0v) is 13.5. The Morgan fingerprint density at radius 1 is 1.45 bits per heavy atom. The van der Waals surface area contributed by atoms with Gasteiger partial charge in [-0.3, -0.25) is 9.59 Å². The second kappa shape index (κ2) is 5.24. The highest BCUT2D eigenvalue weighted by molar-refractivity contribution is 9.10. The van der Waals surface area contributed by atoms with Gasteiger partial charge in [-0.2, -0.15) is 0 Å². The van der Waals surface area contributed by atoms with E-state index >= 15 is 0 Å². The van der Waals surface area contributed by atoms with Crippen molar-refractivity contribution in [2.24, 2.45) is 0 Å². The Labute approximate surface area is 126 Å². The lowest BCUT2D eigenvalue weighted by molar-refractivity contribution is -0.138. The number of carbonyl (C=O) groups excluding carboxylic acids is 1. The fourth-order valence-electron chi connectivity index (χ4n) is 2.16. The van der Waals surface area contributed by atoms with Crippen LogP contribution in [0.25, 0.3) is 0 Å². The molecule has 5 nitrogen and oxygen atoms in total. The number of amides is 1. The van der Waals surface area contributed by atoms with Crippen molar-refractivity contribution in [2.45, 2.75) is 45.2 Å². The molecule has 1 aliphatic rings. The molecule has 1 amide bonds. The fourth-order valence-corrected chi connectivity index (χ4v) is 2.60. The highest BCUT2D eigenvalue weighted by Crippen LogP contribution is 2.38. The lowest BCUT2D eigenvalue weighted by Gasteiger charge is -2.34. The molecule has 2 rings (SSSR count). The molecular formula is C14H19BrN2O3. The van der Waals surface area contributed by atoms with Gasteiger partial charge in [-0.1, -0.05) is 0 Å². The van der Waals surface area contributed by atoms with Gasteiger partial charge in [0.1, 0.15) is 12.2 Å². The average Bonchev–Trinajstić information content (AvgIpc) is 3.07. The first-order valence-electron chi connectivity index (χ1n) is 6.61. The molecule has 1 aromatic heterocycles. The number of aromatic nitrogens is 1. The van der Waals surface area contributed by atoms with E-state index in [1.807, 2.05) is 31.5 Å². The molecular weight excluding hydrogens is 324 g/mol. The van der Waals surface area contributed by atoms with E-state index in [0.29, 0.717) is 11.7 Å². The molecule has 1 fully saturated rings. The summed E-state index contributed by atoms with van der Waals surface area (Å²) >= 11 is 3.39. The first-order valence-corrected chi connectivity index (χ1v) is 7.40. The molecule has 1 aliphatic carbocycles. The van der Waals surface area contributed by atoms with E-state index in [2.05, 4.69) is 15.9 Å². The summed E-state index contributed by atoms with van der Waals surface area (Å²) in [4.78, 5) is 25.1. The Bertz CT molecular complexity index is 541. The van der Waals surface area contributed by atoms with Crippen molar-refractivity contribution in [3.63, 3.8) is 0 Å². The van der Waals surface area contributed by atoms with Crippen LogP contribution < -0.4 is 0 Å². The van der Waals surface area contributed by atoms with Gasteiger partial charge in [0.15, 0.2) is 0 Å². The minimum absolute atomic E-state index is 0.238. The Hall–Kier alpha value is -1.30. The van der Waals surface area contributed by atoms with Crippen LogP contribution in [-0.4, -0.2) is 38.5 Å².